The largest absolute Gasteiger partial charge is 0.504 e. The molecule has 0 saturated heterocycles. The van der Waals surface area contributed by atoms with E-state index in [2.05, 4.69) is 0 Å². The number of anilines is 1. The number of nitriles is 1. The molecule has 2 aromatic carbocycles. The molecule has 6 nitrogen and oxygen atoms in total. The maximum Gasteiger partial charge on any atom is 0.219 e. The average Bonchev–Trinajstić information content (AvgIpc) is 2.76. The Morgan fingerprint density at radius 1 is 1.22 bits per heavy atom. The predicted octanol–water partition coefficient (Wildman–Crippen LogP) is 1.52. The maximum absolute atomic E-state index is 10.9. The summed E-state index contributed by atoms with van der Waals surface area (Å²) in [6.07, 6.45) is 0.623. The van der Waals surface area contributed by atoms with Gasteiger partial charge in [-0.25, -0.2) is 0 Å². The lowest BCUT2D eigenvalue weighted by Crippen LogP contribution is -2.44. The molecule has 1 aliphatic carbocycles. The van der Waals surface area contributed by atoms with Crippen molar-refractivity contribution in [3.8, 4) is 23.3 Å². The zero-order valence-corrected chi connectivity index (χ0v) is 12.1. The second kappa shape index (κ2) is 4.31. The summed E-state index contributed by atoms with van der Waals surface area (Å²) in [6, 6.07) is 8.35. The van der Waals surface area contributed by atoms with Crippen molar-refractivity contribution in [1.29, 1.82) is 5.26 Å². The van der Waals surface area contributed by atoms with Gasteiger partial charge in [-0.3, -0.25) is 0 Å². The highest BCUT2D eigenvalue weighted by molar-refractivity contribution is 5.65. The molecule has 2 aliphatic rings. The quantitative estimate of drug-likeness (QED) is 0.432. The zero-order chi connectivity index (χ0) is 16.4. The lowest BCUT2D eigenvalue weighted by Gasteiger charge is -2.37. The highest BCUT2D eigenvalue weighted by Gasteiger charge is 2.51. The number of fused-ring (bicyclic) bond motifs is 4. The van der Waals surface area contributed by atoms with E-state index in [0.717, 1.165) is 11.1 Å². The summed E-state index contributed by atoms with van der Waals surface area (Å²) in [5.74, 6) is -2.05. The van der Waals surface area contributed by atoms with Crippen molar-refractivity contribution in [3.63, 3.8) is 0 Å². The van der Waals surface area contributed by atoms with E-state index in [1.54, 1.807) is 12.1 Å². The van der Waals surface area contributed by atoms with Crippen LogP contribution in [-0.4, -0.2) is 21.1 Å². The topological polar surface area (TPSA) is 120 Å². The van der Waals surface area contributed by atoms with E-state index in [1.165, 1.54) is 12.1 Å². The monoisotopic (exact) mass is 310 g/mol. The van der Waals surface area contributed by atoms with Crippen LogP contribution in [0.3, 0.4) is 0 Å². The second-order valence-electron chi connectivity index (χ2n) is 6.05. The number of hydrogen-bond donors (Lipinski definition) is 4. The van der Waals surface area contributed by atoms with Gasteiger partial charge in [0.15, 0.2) is 11.5 Å². The van der Waals surface area contributed by atoms with Gasteiger partial charge < -0.3 is 25.8 Å². The van der Waals surface area contributed by atoms with E-state index in [1.807, 2.05) is 6.07 Å². The third kappa shape index (κ3) is 1.77. The number of nitrogens with zero attached hydrogens (tertiary/aromatic N) is 1. The molecule has 1 heterocycles. The number of aromatic hydroxyl groups is 2. The predicted molar refractivity (Wildman–Crippen MR) is 81.1 cm³/mol. The SMILES string of the molecule is N#Cc1c(N)ccc2c1O[C@@]1(O)Cc3cc(O)c(O)cc3C1C2. The number of nitrogen functional groups attached to an aromatic ring is 1. The molecular weight excluding hydrogens is 296 g/mol. The van der Waals surface area contributed by atoms with E-state index < -0.39 is 5.79 Å². The van der Waals surface area contributed by atoms with E-state index >= 15 is 0 Å². The maximum atomic E-state index is 10.9. The molecule has 0 spiro atoms. The molecule has 2 atom stereocenters. The highest BCUT2D eigenvalue weighted by Crippen LogP contribution is 2.51. The molecule has 0 amide bonds. The Kier molecular flexibility index (Phi) is 2.57. The summed E-state index contributed by atoms with van der Waals surface area (Å²) in [6.45, 7) is 0. The Bertz CT molecular complexity index is 887. The number of phenols is 2. The van der Waals surface area contributed by atoms with Crippen LogP contribution in [0.15, 0.2) is 24.3 Å². The third-order valence-electron chi connectivity index (χ3n) is 4.69. The normalized spacial score (nSPS) is 24.1. The van der Waals surface area contributed by atoms with Crippen LogP contribution in [0.5, 0.6) is 17.2 Å². The number of hydrogen-bond acceptors (Lipinski definition) is 6. The lowest BCUT2D eigenvalue weighted by atomic mass is 9.86. The summed E-state index contributed by atoms with van der Waals surface area (Å²) >= 11 is 0. The Hall–Kier alpha value is -2.91. The van der Waals surface area contributed by atoms with Gasteiger partial charge in [0.1, 0.15) is 17.4 Å². The first kappa shape index (κ1) is 13.7. The second-order valence-corrected chi connectivity index (χ2v) is 6.05. The number of rotatable bonds is 0. The van der Waals surface area contributed by atoms with Crippen molar-refractivity contribution in [1.82, 2.24) is 0 Å². The number of ether oxygens (including phenoxy) is 1. The molecule has 0 saturated carbocycles. The van der Waals surface area contributed by atoms with Crippen LogP contribution in [0.2, 0.25) is 0 Å². The Balaban J connectivity index is 1.86. The van der Waals surface area contributed by atoms with Gasteiger partial charge in [-0.15, -0.1) is 0 Å². The van der Waals surface area contributed by atoms with Gasteiger partial charge in [-0.1, -0.05) is 6.07 Å². The summed E-state index contributed by atoms with van der Waals surface area (Å²) < 4.78 is 5.80. The van der Waals surface area contributed by atoms with Crippen molar-refractivity contribution < 1.29 is 20.1 Å². The van der Waals surface area contributed by atoms with Crippen molar-refractivity contribution in [2.24, 2.45) is 0 Å². The minimum absolute atomic E-state index is 0.167. The fourth-order valence-corrected chi connectivity index (χ4v) is 3.56. The first-order valence-corrected chi connectivity index (χ1v) is 7.20. The molecule has 23 heavy (non-hydrogen) atoms. The third-order valence-corrected chi connectivity index (χ3v) is 4.69. The van der Waals surface area contributed by atoms with Crippen LogP contribution in [0, 0.1) is 11.3 Å². The van der Waals surface area contributed by atoms with Gasteiger partial charge in [-0.05, 0) is 41.3 Å². The Morgan fingerprint density at radius 2 is 1.96 bits per heavy atom. The van der Waals surface area contributed by atoms with Crippen LogP contribution in [-0.2, 0) is 12.8 Å². The molecule has 0 radical (unpaired) electrons. The fraction of sp³-hybridized carbons (Fsp3) is 0.235. The van der Waals surface area contributed by atoms with Gasteiger partial charge in [0.2, 0.25) is 5.79 Å². The number of benzene rings is 2. The molecule has 4 rings (SSSR count). The van der Waals surface area contributed by atoms with Crippen LogP contribution >= 0.6 is 0 Å². The van der Waals surface area contributed by atoms with E-state index in [9.17, 15) is 20.6 Å². The summed E-state index contributed by atoms with van der Waals surface area (Å²) in [5, 5.41) is 39.6. The van der Waals surface area contributed by atoms with Gasteiger partial charge in [0.25, 0.3) is 0 Å². The van der Waals surface area contributed by atoms with Gasteiger partial charge >= 0.3 is 0 Å². The Morgan fingerprint density at radius 3 is 2.70 bits per heavy atom. The average molecular weight is 310 g/mol. The summed E-state index contributed by atoms with van der Waals surface area (Å²) in [5.41, 5.74) is 8.57. The number of nitrogens with two attached hydrogens (primary N) is 1. The first-order valence-electron chi connectivity index (χ1n) is 7.20. The van der Waals surface area contributed by atoms with Crippen molar-refractivity contribution in [2.75, 3.05) is 5.73 Å². The van der Waals surface area contributed by atoms with Crippen molar-refractivity contribution in [3.05, 3.63) is 46.5 Å². The van der Waals surface area contributed by atoms with Crippen molar-refractivity contribution in [2.45, 2.75) is 24.5 Å². The smallest absolute Gasteiger partial charge is 0.219 e. The van der Waals surface area contributed by atoms with Gasteiger partial charge in [0.05, 0.1) is 11.6 Å². The minimum atomic E-state index is -1.52. The lowest BCUT2D eigenvalue weighted by molar-refractivity contribution is -0.155. The van der Waals surface area contributed by atoms with Gasteiger partial charge in [0, 0.05) is 6.42 Å². The molecule has 1 aliphatic heterocycles. The summed E-state index contributed by atoms with van der Waals surface area (Å²) in [7, 11) is 0. The van der Waals surface area contributed by atoms with Crippen LogP contribution in [0.4, 0.5) is 5.69 Å². The molecule has 116 valence electrons. The van der Waals surface area contributed by atoms with Crippen LogP contribution in [0.1, 0.15) is 28.2 Å². The fourth-order valence-electron chi connectivity index (χ4n) is 3.56. The molecule has 5 N–H and O–H groups in total. The van der Waals surface area contributed by atoms with Crippen molar-refractivity contribution >= 4 is 5.69 Å². The molecule has 0 fully saturated rings. The molecule has 0 bridgehead atoms. The minimum Gasteiger partial charge on any atom is -0.504 e. The standard InChI is InChI=1S/C17H14N2O4/c18-7-11-13(19)2-1-8-3-12-10-5-15(21)14(20)4-9(10)6-17(12,22)23-16(8)11/h1-2,4-5,12,20-22H,3,6,19H2/t12?,17-/m0/s1. The zero-order valence-electron chi connectivity index (χ0n) is 12.1. The Labute approximate surface area is 132 Å². The highest BCUT2D eigenvalue weighted by atomic mass is 16.6. The van der Waals surface area contributed by atoms with E-state index in [4.69, 9.17) is 10.5 Å². The van der Waals surface area contributed by atoms with E-state index in [-0.39, 0.29) is 29.4 Å². The van der Waals surface area contributed by atoms with Crippen LogP contribution in [0.25, 0.3) is 0 Å². The van der Waals surface area contributed by atoms with Gasteiger partial charge in [-0.2, -0.15) is 5.26 Å². The molecular formula is C17H14N2O4. The first-order chi connectivity index (χ1) is 10.9. The number of aliphatic hydroxyl groups is 1. The molecule has 0 aromatic heterocycles. The number of phenolic OH excluding ortho intramolecular Hbond substituents is 2. The van der Waals surface area contributed by atoms with Crippen LogP contribution < -0.4 is 10.5 Å². The molecule has 2 aromatic rings. The molecule has 1 unspecified atom stereocenters. The summed E-state index contributed by atoms with van der Waals surface area (Å²) in [4.78, 5) is 0. The van der Waals surface area contributed by atoms with E-state index in [0.29, 0.717) is 23.4 Å². The molecule has 6 heteroatoms.